The molecule has 0 radical (unpaired) electrons. The van der Waals surface area contributed by atoms with Gasteiger partial charge in [-0.15, -0.1) is 0 Å². The van der Waals surface area contributed by atoms with Crippen molar-refractivity contribution in [2.75, 3.05) is 0 Å². The molecule has 2 aromatic rings. The standard InChI is InChI=1S/C18H20O2/c19-16-8-4-6-14(12-16)18(10-2-1-3-11-18)15-7-5-9-17(20)13-15/h4-9,12-13,19-20H,1-3,10-11H2. The average molecular weight is 268 g/mol. The largest absolute Gasteiger partial charge is 0.508 e. The van der Waals surface area contributed by atoms with Gasteiger partial charge in [-0.2, -0.15) is 0 Å². The highest BCUT2D eigenvalue weighted by molar-refractivity contribution is 5.44. The maximum atomic E-state index is 9.81. The van der Waals surface area contributed by atoms with Crippen LogP contribution in [0.1, 0.15) is 43.2 Å². The summed E-state index contributed by atoms with van der Waals surface area (Å²) in [5.41, 5.74) is 2.24. The van der Waals surface area contributed by atoms with Crippen LogP contribution in [0.2, 0.25) is 0 Å². The second kappa shape index (κ2) is 5.20. The molecule has 0 unspecified atom stereocenters. The molecule has 1 aliphatic rings. The molecule has 2 N–H and O–H groups in total. The van der Waals surface area contributed by atoms with Crippen molar-refractivity contribution in [3.05, 3.63) is 59.7 Å². The highest BCUT2D eigenvalue weighted by atomic mass is 16.3. The van der Waals surface area contributed by atoms with Crippen molar-refractivity contribution >= 4 is 0 Å². The van der Waals surface area contributed by atoms with Crippen LogP contribution in [0, 0.1) is 0 Å². The topological polar surface area (TPSA) is 40.5 Å². The van der Waals surface area contributed by atoms with E-state index in [0.717, 1.165) is 24.0 Å². The Labute approximate surface area is 119 Å². The van der Waals surface area contributed by atoms with Crippen molar-refractivity contribution in [1.29, 1.82) is 0 Å². The first-order valence-electron chi connectivity index (χ1n) is 7.30. The lowest BCUT2D eigenvalue weighted by Crippen LogP contribution is -2.30. The lowest BCUT2D eigenvalue weighted by molar-refractivity contribution is 0.343. The molecule has 0 atom stereocenters. The average Bonchev–Trinajstić information content (AvgIpc) is 2.48. The van der Waals surface area contributed by atoms with Gasteiger partial charge in [0.05, 0.1) is 0 Å². The van der Waals surface area contributed by atoms with E-state index in [-0.39, 0.29) is 5.41 Å². The number of hydrogen-bond acceptors (Lipinski definition) is 2. The van der Waals surface area contributed by atoms with E-state index in [1.54, 1.807) is 12.1 Å². The van der Waals surface area contributed by atoms with E-state index in [9.17, 15) is 10.2 Å². The van der Waals surface area contributed by atoms with Gasteiger partial charge in [-0.05, 0) is 48.2 Å². The molecule has 104 valence electrons. The number of benzene rings is 2. The predicted octanol–water partition coefficient (Wildman–Crippen LogP) is 4.35. The Balaban J connectivity index is 2.13. The van der Waals surface area contributed by atoms with Crippen LogP contribution in [0.15, 0.2) is 48.5 Å². The molecule has 2 aromatic carbocycles. The van der Waals surface area contributed by atoms with Crippen molar-refractivity contribution in [3.63, 3.8) is 0 Å². The molecule has 0 amide bonds. The number of phenols is 2. The van der Waals surface area contributed by atoms with Crippen molar-refractivity contribution < 1.29 is 10.2 Å². The van der Waals surface area contributed by atoms with Gasteiger partial charge in [-0.25, -0.2) is 0 Å². The SMILES string of the molecule is Oc1cccc(C2(c3cccc(O)c3)CCCCC2)c1. The van der Waals surface area contributed by atoms with Crippen LogP contribution in [0.3, 0.4) is 0 Å². The summed E-state index contributed by atoms with van der Waals surface area (Å²) >= 11 is 0. The fourth-order valence-electron chi connectivity index (χ4n) is 3.51. The van der Waals surface area contributed by atoms with Crippen LogP contribution in [0.4, 0.5) is 0 Å². The van der Waals surface area contributed by atoms with Gasteiger partial charge in [-0.1, -0.05) is 43.5 Å². The van der Waals surface area contributed by atoms with E-state index < -0.39 is 0 Å². The first-order chi connectivity index (χ1) is 9.71. The maximum Gasteiger partial charge on any atom is 0.115 e. The van der Waals surface area contributed by atoms with Gasteiger partial charge in [0.2, 0.25) is 0 Å². The molecule has 0 saturated heterocycles. The molecule has 0 aliphatic heterocycles. The molecule has 20 heavy (non-hydrogen) atoms. The molecule has 0 aromatic heterocycles. The minimum Gasteiger partial charge on any atom is -0.508 e. The molecule has 2 nitrogen and oxygen atoms in total. The Morgan fingerprint density at radius 3 is 1.65 bits per heavy atom. The van der Waals surface area contributed by atoms with Crippen LogP contribution in [0.25, 0.3) is 0 Å². The van der Waals surface area contributed by atoms with Gasteiger partial charge in [0, 0.05) is 5.41 Å². The quantitative estimate of drug-likeness (QED) is 0.850. The van der Waals surface area contributed by atoms with E-state index >= 15 is 0 Å². The van der Waals surface area contributed by atoms with Gasteiger partial charge < -0.3 is 10.2 Å². The van der Waals surface area contributed by atoms with Crippen molar-refractivity contribution in [2.24, 2.45) is 0 Å². The number of hydrogen-bond donors (Lipinski definition) is 2. The van der Waals surface area contributed by atoms with E-state index in [1.807, 2.05) is 24.3 Å². The summed E-state index contributed by atoms with van der Waals surface area (Å²) in [6.07, 6.45) is 5.77. The summed E-state index contributed by atoms with van der Waals surface area (Å²) in [6, 6.07) is 15.2. The van der Waals surface area contributed by atoms with E-state index in [2.05, 4.69) is 12.1 Å². The van der Waals surface area contributed by atoms with E-state index in [0.29, 0.717) is 11.5 Å². The van der Waals surface area contributed by atoms with Gasteiger partial charge in [0.1, 0.15) is 11.5 Å². The summed E-state index contributed by atoms with van der Waals surface area (Å²) in [5.74, 6) is 0.625. The third-order valence-corrected chi connectivity index (χ3v) is 4.50. The number of aromatic hydroxyl groups is 2. The summed E-state index contributed by atoms with van der Waals surface area (Å²) in [7, 11) is 0. The summed E-state index contributed by atoms with van der Waals surface area (Å²) in [5, 5.41) is 19.6. The lowest BCUT2D eigenvalue weighted by Gasteiger charge is -2.38. The molecular formula is C18H20O2. The molecule has 0 spiro atoms. The fraction of sp³-hybridized carbons (Fsp3) is 0.333. The first-order valence-corrected chi connectivity index (χ1v) is 7.30. The van der Waals surface area contributed by atoms with E-state index in [1.165, 1.54) is 19.3 Å². The normalized spacial score (nSPS) is 17.8. The molecule has 1 aliphatic carbocycles. The molecule has 3 rings (SSSR count). The fourth-order valence-corrected chi connectivity index (χ4v) is 3.51. The minimum absolute atomic E-state index is 0.0737. The molecular weight excluding hydrogens is 248 g/mol. The Kier molecular flexibility index (Phi) is 3.39. The van der Waals surface area contributed by atoms with Crippen LogP contribution in [-0.2, 0) is 5.41 Å². The van der Waals surface area contributed by atoms with Crippen LogP contribution >= 0.6 is 0 Å². The van der Waals surface area contributed by atoms with Gasteiger partial charge >= 0.3 is 0 Å². The minimum atomic E-state index is -0.0737. The summed E-state index contributed by atoms with van der Waals surface area (Å²) in [6.45, 7) is 0. The van der Waals surface area contributed by atoms with Gasteiger partial charge in [0.15, 0.2) is 0 Å². The third-order valence-electron chi connectivity index (χ3n) is 4.50. The number of phenolic OH excluding ortho intramolecular Hbond substituents is 2. The van der Waals surface area contributed by atoms with Gasteiger partial charge in [-0.3, -0.25) is 0 Å². The molecule has 2 heteroatoms. The Morgan fingerprint density at radius 1 is 0.700 bits per heavy atom. The zero-order chi connectivity index (χ0) is 14.0. The van der Waals surface area contributed by atoms with Crippen LogP contribution in [0.5, 0.6) is 11.5 Å². The van der Waals surface area contributed by atoms with E-state index in [4.69, 9.17) is 0 Å². The zero-order valence-corrected chi connectivity index (χ0v) is 11.5. The zero-order valence-electron chi connectivity index (χ0n) is 11.5. The monoisotopic (exact) mass is 268 g/mol. The summed E-state index contributed by atoms with van der Waals surface area (Å²) < 4.78 is 0. The van der Waals surface area contributed by atoms with Crippen molar-refractivity contribution in [3.8, 4) is 11.5 Å². The highest BCUT2D eigenvalue weighted by Crippen LogP contribution is 2.46. The molecule has 1 saturated carbocycles. The second-order valence-corrected chi connectivity index (χ2v) is 5.74. The third kappa shape index (κ3) is 2.26. The summed E-state index contributed by atoms with van der Waals surface area (Å²) in [4.78, 5) is 0. The van der Waals surface area contributed by atoms with Crippen LogP contribution in [-0.4, -0.2) is 10.2 Å². The lowest BCUT2D eigenvalue weighted by atomic mass is 9.65. The molecule has 1 fully saturated rings. The smallest absolute Gasteiger partial charge is 0.115 e. The second-order valence-electron chi connectivity index (χ2n) is 5.74. The van der Waals surface area contributed by atoms with Crippen molar-refractivity contribution in [1.82, 2.24) is 0 Å². The molecule has 0 bridgehead atoms. The maximum absolute atomic E-state index is 9.81. The Morgan fingerprint density at radius 2 is 1.20 bits per heavy atom. The van der Waals surface area contributed by atoms with Gasteiger partial charge in [0.25, 0.3) is 0 Å². The Bertz CT molecular complexity index is 550. The molecule has 0 heterocycles. The Hall–Kier alpha value is -1.96. The van der Waals surface area contributed by atoms with Crippen molar-refractivity contribution in [2.45, 2.75) is 37.5 Å². The predicted molar refractivity (Wildman–Crippen MR) is 80.1 cm³/mol. The first kappa shape index (κ1) is 13.0. The van der Waals surface area contributed by atoms with Crippen LogP contribution < -0.4 is 0 Å². The number of rotatable bonds is 2. The highest BCUT2D eigenvalue weighted by Gasteiger charge is 2.35.